The zero-order valence-electron chi connectivity index (χ0n) is 12.9. The molecule has 2 aromatic heterocycles. The highest BCUT2D eigenvalue weighted by Gasteiger charge is 2.14. The minimum absolute atomic E-state index is 0.0166. The quantitative estimate of drug-likeness (QED) is 0.549. The number of nitrogens with zero attached hydrogens (tertiary/aromatic N) is 4. The molecule has 0 fully saturated rings. The molecule has 114 valence electrons. The number of fused-ring (bicyclic) bond motifs is 1. The molecule has 0 saturated heterocycles. The maximum Gasteiger partial charge on any atom is 0.262 e. The van der Waals surface area contributed by atoms with Gasteiger partial charge in [0, 0.05) is 25.5 Å². The molecular weight excluding hydrogens is 296 g/mol. The summed E-state index contributed by atoms with van der Waals surface area (Å²) in [6, 6.07) is 7.55. The number of benzene rings is 1. The van der Waals surface area contributed by atoms with Crippen molar-refractivity contribution in [3.8, 4) is 0 Å². The summed E-state index contributed by atoms with van der Waals surface area (Å²) in [6.07, 6.45) is 3.69. The number of imidazole rings is 1. The lowest BCUT2D eigenvalue weighted by Gasteiger charge is -2.16. The SMILES string of the molecule is CC(C)n1c(SCc2nccn2C)nc2ccccc2c1=O. The number of thioether (sulfide) groups is 1. The van der Waals surface area contributed by atoms with Gasteiger partial charge in [-0.1, -0.05) is 23.9 Å². The fourth-order valence-corrected chi connectivity index (χ4v) is 3.48. The molecular formula is C16H18N4OS. The van der Waals surface area contributed by atoms with Gasteiger partial charge in [-0.3, -0.25) is 9.36 Å². The van der Waals surface area contributed by atoms with Crippen LogP contribution in [0.2, 0.25) is 0 Å². The van der Waals surface area contributed by atoms with Crippen molar-refractivity contribution in [2.24, 2.45) is 7.05 Å². The fourth-order valence-electron chi connectivity index (χ4n) is 2.35. The van der Waals surface area contributed by atoms with E-state index in [0.29, 0.717) is 11.1 Å². The summed E-state index contributed by atoms with van der Waals surface area (Å²) in [4.78, 5) is 21.7. The van der Waals surface area contributed by atoms with Gasteiger partial charge in [0.1, 0.15) is 5.82 Å². The van der Waals surface area contributed by atoms with Crippen molar-refractivity contribution < 1.29 is 0 Å². The van der Waals surface area contributed by atoms with Crippen LogP contribution in [0.1, 0.15) is 25.7 Å². The summed E-state index contributed by atoms with van der Waals surface area (Å²) in [5, 5.41) is 1.40. The summed E-state index contributed by atoms with van der Waals surface area (Å²) in [5.74, 6) is 1.64. The lowest BCUT2D eigenvalue weighted by Crippen LogP contribution is -2.25. The van der Waals surface area contributed by atoms with Crippen LogP contribution in [0.15, 0.2) is 46.6 Å². The predicted octanol–water partition coefficient (Wildman–Crippen LogP) is 3.00. The lowest BCUT2D eigenvalue weighted by atomic mass is 10.2. The van der Waals surface area contributed by atoms with Gasteiger partial charge in [0.2, 0.25) is 0 Å². The maximum absolute atomic E-state index is 12.7. The second-order valence-electron chi connectivity index (χ2n) is 5.42. The Morgan fingerprint density at radius 2 is 2.05 bits per heavy atom. The largest absolute Gasteiger partial charge is 0.337 e. The number of rotatable bonds is 4. The second-order valence-corrected chi connectivity index (χ2v) is 6.37. The number of para-hydroxylation sites is 1. The van der Waals surface area contributed by atoms with E-state index in [4.69, 9.17) is 0 Å². The molecule has 0 aliphatic rings. The number of hydrogen-bond acceptors (Lipinski definition) is 4. The van der Waals surface area contributed by atoms with Gasteiger partial charge in [-0.25, -0.2) is 9.97 Å². The molecule has 0 amide bonds. The summed E-state index contributed by atoms with van der Waals surface area (Å²) in [5.41, 5.74) is 0.759. The first-order valence-electron chi connectivity index (χ1n) is 7.18. The molecule has 1 aromatic carbocycles. The topological polar surface area (TPSA) is 52.7 Å². The third-order valence-electron chi connectivity index (χ3n) is 3.54. The van der Waals surface area contributed by atoms with Crippen molar-refractivity contribution in [3.63, 3.8) is 0 Å². The molecule has 22 heavy (non-hydrogen) atoms. The van der Waals surface area contributed by atoms with Gasteiger partial charge < -0.3 is 4.57 Å². The van der Waals surface area contributed by atoms with E-state index >= 15 is 0 Å². The third-order valence-corrected chi connectivity index (χ3v) is 4.49. The average Bonchev–Trinajstić information content (AvgIpc) is 2.90. The van der Waals surface area contributed by atoms with Gasteiger partial charge in [0.05, 0.1) is 16.7 Å². The Hall–Kier alpha value is -2.08. The first-order chi connectivity index (χ1) is 10.6. The van der Waals surface area contributed by atoms with Gasteiger partial charge in [-0.15, -0.1) is 0 Å². The van der Waals surface area contributed by atoms with Gasteiger partial charge in [-0.2, -0.15) is 0 Å². The van der Waals surface area contributed by atoms with Gasteiger partial charge in [0.25, 0.3) is 5.56 Å². The van der Waals surface area contributed by atoms with E-state index in [1.54, 1.807) is 22.5 Å². The molecule has 0 bridgehead atoms. The van der Waals surface area contributed by atoms with Crippen molar-refractivity contribution in [2.45, 2.75) is 30.8 Å². The first-order valence-corrected chi connectivity index (χ1v) is 8.16. The number of hydrogen-bond donors (Lipinski definition) is 0. The van der Waals surface area contributed by atoms with E-state index in [2.05, 4.69) is 9.97 Å². The standard InChI is InChI=1S/C16H18N4OS/c1-11(2)20-15(21)12-6-4-5-7-13(12)18-16(20)22-10-14-17-8-9-19(14)3/h4-9,11H,10H2,1-3H3. The molecule has 0 spiro atoms. The molecule has 0 N–H and O–H groups in total. The van der Waals surface area contributed by atoms with Crippen LogP contribution in [-0.4, -0.2) is 19.1 Å². The molecule has 6 heteroatoms. The highest BCUT2D eigenvalue weighted by Crippen LogP contribution is 2.23. The van der Waals surface area contributed by atoms with Crippen LogP contribution in [0.5, 0.6) is 0 Å². The van der Waals surface area contributed by atoms with Gasteiger partial charge in [0.15, 0.2) is 5.16 Å². The Labute approximate surface area is 133 Å². The average molecular weight is 314 g/mol. The zero-order valence-corrected chi connectivity index (χ0v) is 13.7. The molecule has 0 aliphatic heterocycles. The summed E-state index contributed by atoms with van der Waals surface area (Å²) in [6.45, 7) is 4.01. The van der Waals surface area contributed by atoms with Crippen molar-refractivity contribution in [1.29, 1.82) is 0 Å². The Kier molecular flexibility index (Phi) is 4.02. The molecule has 3 aromatic rings. The monoisotopic (exact) mass is 314 g/mol. The Morgan fingerprint density at radius 1 is 1.27 bits per heavy atom. The first kappa shape index (κ1) is 14.8. The van der Waals surface area contributed by atoms with Crippen molar-refractivity contribution in [1.82, 2.24) is 19.1 Å². The third kappa shape index (κ3) is 2.66. The highest BCUT2D eigenvalue weighted by molar-refractivity contribution is 7.98. The van der Waals surface area contributed by atoms with E-state index in [1.165, 1.54) is 0 Å². The van der Waals surface area contributed by atoms with E-state index in [1.807, 2.05) is 55.9 Å². The zero-order chi connectivity index (χ0) is 15.7. The van der Waals surface area contributed by atoms with Crippen LogP contribution in [-0.2, 0) is 12.8 Å². The predicted molar refractivity (Wildman–Crippen MR) is 89.2 cm³/mol. The van der Waals surface area contributed by atoms with Gasteiger partial charge in [-0.05, 0) is 26.0 Å². The Bertz CT molecular complexity index is 866. The van der Waals surface area contributed by atoms with Crippen LogP contribution >= 0.6 is 11.8 Å². The normalized spacial score (nSPS) is 11.5. The maximum atomic E-state index is 12.7. The van der Waals surface area contributed by atoms with E-state index in [-0.39, 0.29) is 11.6 Å². The van der Waals surface area contributed by atoms with Crippen LogP contribution in [0.25, 0.3) is 10.9 Å². The summed E-state index contributed by atoms with van der Waals surface area (Å²) < 4.78 is 3.74. The van der Waals surface area contributed by atoms with Crippen LogP contribution in [0.3, 0.4) is 0 Å². The van der Waals surface area contributed by atoms with Crippen LogP contribution in [0.4, 0.5) is 0 Å². The number of aryl methyl sites for hydroxylation is 1. The molecule has 0 unspecified atom stereocenters. The Balaban J connectivity index is 2.05. The molecule has 0 radical (unpaired) electrons. The van der Waals surface area contributed by atoms with Crippen LogP contribution < -0.4 is 5.56 Å². The van der Waals surface area contributed by atoms with E-state index in [9.17, 15) is 4.79 Å². The van der Waals surface area contributed by atoms with Gasteiger partial charge >= 0.3 is 0 Å². The molecule has 0 aliphatic carbocycles. The summed E-state index contributed by atoms with van der Waals surface area (Å²) in [7, 11) is 1.96. The van der Waals surface area contributed by atoms with Crippen molar-refractivity contribution in [3.05, 3.63) is 52.8 Å². The molecule has 2 heterocycles. The van der Waals surface area contributed by atoms with Crippen molar-refractivity contribution >= 4 is 22.7 Å². The summed E-state index contributed by atoms with van der Waals surface area (Å²) >= 11 is 1.54. The molecule has 3 rings (SSSR count). The molecule has 0 saturated carbocycles. The highest BCUT2D eigenvalue weighted by atomic mass is 32.2. The second kappa shape index (κ2) is 5.96. The van der Waals surface area contributed by atoms with E-state index < -0.39 is 0 Å². The van der Waals surface area contributed by atoms with Crippen LogP contribution in [0, 0.1) is 0 Å². The Morgan fingerprint density at radius 3 is 2.73 bits per heavy atom. The van der Waals surface area contributed by atoms with Crippen molar-refractivity contribution in [2.75, 3.05) is 0 Å². The number of aromatic nitrogens is 4. The fraction of sp³-hybridized carbons (Fsp3) is 0.312. The smallest absolute Gasteiger partial charge is 0.262 e. The minimum Gasteiger partial charge on any atom is -0.337 e. The minimum atomic E-state index is 0.0166. The molecule has 5 nitrogen and oxygen atoms in total. The van der Waals surface area contributed by atoms with E-state index in [0.717, 1.165) is 16.5 Å². The lowest BCUT2D eigenvalue weighted by molar-refractivity contribution is 0.519. The molecule has 0 atom stereocenters.